The molecular weight excluding hydrogens is 432 g/mol. The minimum atomic E-state index is -0.823. The highest BCUT2D eigenvalue weighted by molar-refractivity contribution is 5.79. The van der Waals surface area contributed by atoms with Crippen LogP contribution in [-0.2, 0) is 14.3 Å². The zero-order valence-corrected chi connectivity index (χ0v) is 19.9. The third-order valence-corrected chi connectivity index (χ3v) is 6.44. The summed E-state index contributed by atoms with van der Waals surface area (Å²) in [5.74, 6) is -1.33. The van der Waals surface area contributed by atoms with E-state index in [-0.39, 0.29) is 30.9 Å². The van der Waals surface area contributed by atoms with Crippen LogP contribution in [0.25, 0.3) is 11.1 Å². The quantitative estimate of drug-likeness (QED) is 0.393. The molecule has 0 saturated heterocycles. The number of hydrogen-bond donors (Lipinski definition) is 3. The molecule has 0 saturated carbocycles. The lowest BCUT2D eigenvalue weighted by atomic mass is 9.98. The number of amides is 2. The molecule has 2 amide bonds. The van der Waals surface area contributed by atoms with Gasteiger partial charge in [-0.15, -0.1) is 0 Å². The number of nitrogens with one attached hydrogen (secondary N) is 2. The first-order chi connectivity index (χ1) is 16.4. The van der Waals surface area contributed by atoms with Crippen LogP contribution in [0, 0.1) is 5.92 Å². The van der Waals surface area contributed by atoms with Crippen LogP contribution in [0.1, 0.15) is 63.0 Å². The topological polar surface area (TPSA) is 105 Å². The molecule has 0 aliphatic heterocycles. The smallest absolute Gasteiger partial charge is 0.407 e. The van der Waals surface area contributed by atoms with Gasteiger partial charge in [0.2, 0.25) is 5.91 Å². The first-order valence-electron chi connectivity index (χ1n) is 12.0. The van der Waals surface area contributed by atoms with Crippen LogP contribution in [0.15, 0.2) is 48.5 Å². The molecule has 3 rings (SSSR count). The van der Waals surface area contributed by atoms with Crippen molar-refractivity contribution in [2.45, 2.75) is 57.9 Å². The van der Waals surface area contributed by atoms with Gasteiger partial charge in [-0.1, -0.05) is 62.4 Å². The van der Waals surface area contributed by atoms with Crippen LogP contribution in [0.4, 0.5) is 4.79 Å². The van der Waals surface area contributed by atoms with E-state index in [1.807, 2.05) is 31.2 Å². The first-order valence-corrected chi connectivity index (χ1v) is 12.0. The summed E-state index contributed by atoms with van der Waals surface area (Å²) in [6, 6.07) is 16.2. The maximum absolute atomic E-state index is 12.5. The van der Waals surface area contributed by atoms with Crippen molar-refractivity contribution in [3.8, 4) is 11.1 Å². The van der Waals surface area contributed by atoms with E-state index in [1.165, 1.54) is 11.1 Å². The summed E-state index contributed by atoms with van der Waals surface area (Å²) < 4.78 is 5.60. The van der Waals surface area contributed by atoms with Crippen LogP contribution in [0.3, 0.4) is 0 Å². The SMILES string of the molecule is CCC(CCC(=O)NCCCC(C)C(=O)O)NC(=O)OCC1c2ccccc2-c2ccccc21. The molecule has 1 aliphatic rings. The van der Waals surface area contributed by atoms with E-state index in [2.05, 4.69) is 34.9 Å². The van der Waals surface area contributed by atoms with Gasteiger partial charge in [-0.25, -0.2) is 4.79 Å². The second-order valence-electron chi connectivity index (χ2n) is 8.85. The maximum atomic E-state index is 12.5. The summed E-state index contributed by atoms with van der Waals surface area (Å²) in [6.07, 6.45) is 2.16. The van der Waals surface area contributed by atoms with E-state index in [1.54, 1.807) is 6.92 Å². The molecule has 0 bridgehead atoms. The molecule has 1 aliphatic carbocycles. The number of hydrogen-bond acceptors (Lipinski definition) is 4. The molecule has 0 aromatic heterocycles. The Labute approximate surface area is 200 Å². The number of fused-ring (bicyclic) bond motifs is 3. The number of benzene rings is 2. The average molecular weight is 467 g/mol. The predicted octanol–water partition coefficient (Wildman–Crippen LogP) is 4.70. The Bertz CT molecular complexity index is 961. The summed E-state index contributed by atoms with van der Waals surface area (Å²) >= 11 is 0. The van der Waals surface area contributed by atoms with Gasteiger partial charge in [-0.2, -0.15) is 0 Å². The van der Waals surface area contributed by atoms with Gasteiger partial charge >= 0.3 is 12.1 Å². The van der Waals surface area contributed by atoms with Crippen LogP contribution in [0.5, 0.6) is 0 Å². The zero-order chi connectivity index (χ0) is 24.5. The largest absolute Gasteiger partial charge is 0.481 e. The number of carbonyl (C=O) groups is 3. The van der Waals surface area contributed by atoms with E-state index in [9.17, 15) is 14.4 Å². The number of carboxylic acid groups (broad SMARTS) is 1. The van der Waals surface area contributed by atoms with Crippen LogP contribution in [0.2, 0.25) is 0 Å². The van der Waals surface area contributed by atoms with Gasteiger partial charge in [0.05, 0.1) is 5.92 Å². The molecule has 34 heavy (non-hydrogen) atoms. The summed E-state index contributed by atoms with van der Waals surface area (Å²) in [7, 11) is 0. The number of carboxylic acids is 1. The summed E-state index contributed by atoms with van der Waals surface area (Å²) in [5.41, 5.74) is 4.69. The van der Waals surface area contributed by atoms with Crippen molar-refractivity contribution in [1.29, 1.82) is 0 Å². The number of aliphatic carboxylic acids is 1. The second kappa shape index (κ2) is 12.2. The van der Waals surface area contributed by atoms with Gasteiger partial charge in [-0.05, 0) is 47.9 Å². The van der Waals surface area contributed by atoms with Gasteiger partial charge in [0.15, 0.2) is 0 Å². The monoisotopic (exact) mass is 466 g/mol. The van der Waals surface area contributed by atoms with Gasteiger partial charge < -0.3 is 20.5 Å². The van der Waals surface area contributed by atoms with Crippen molar-refractivity contribution in [1.82, 2.24) is 10.6 Å². The summed E-state index contributed by atoms with van der Waals surface area (Å²) in [4.78, 5) is 35.4. The third kappa shape index (κ3) is 6.59. The summed E-state index contributed by atoms with van der Waals surface area (Å²) in [6.45, 7) is 4.32. The fourth-order valence-electron chi connectivity index (χ4n) is 4.34. The molecule has 2 atom stereocenters. The Kier molecular flexibility index (Phi) is 9.08. The Balaban J connectivity index is 1.42. The molecule has 0 spiro atoms. The van der Waals surface area contributed by atoms with Crippen molar-refractivity contribution < 1.29 is 24.2 Å². The second-order valence-corrected chi connectivity index (χ2v) is 8.85. The molecule has 3 N–H and O–H groups in total. The number of rotatable bonds is 12. The van der Waals surface area contributed by atoms with Crippen molar-refractivity contribution in [3.05, 3.63) is 59.7 Å². The van der Waals surface area contributed by atoms with Crippen molar-refractivity contribution in [2.75, 3.05) is 13.2 Å². The number of carbonyl (C=O) groups excluding carboxylic acids is 2. The van der Waals surface area contributed by atoms with E-state index in [4.69, 9.17) is 9.84 Å². The van der Waals surface area contributed by atoms with Gasteiger partial charge in [0.25, 0.3) is 0 Å². The van der Waals surface area contributed by atoms with E-state index in [0.717, 1.165) is 11.1 Å². The third-order valence-electron chi connectivity index (χ3n) is 6.44. The highest BCUT2D eigenvalue weighted by Gasteiger charge is 2.29. The zero-order valence-electron chi connectivity index (χ0n) is 19.9. The highest BCUT2D eigenvalue weighted by atomic mass is 16.5. The van der Waals surface area contributed by atoms with Gasteiger partial charge in [-0.3, -0.25) is 9.59 Å². The average Bonchev–Trinajstić information content (AvgIpc) is 3.16. The lowest BCUT2D eigenvalue weighted by Gasteiger charge is -2.19. The molecule has 182 valence electrons. The minimum Gasteiger partial charge on any atom is -0.481 e. The highest BCUT2D eigenvalue weighted by Crippen LogP contribution is 2.44. The summed E-state index contributed by atoms with van der Waals surface area (Å²) in [5, 5.41) is 14.6. The Hall–Kier alpha value is -3.35. The Morgan fingerprint density at radius 1 is 1.00 bits per heavy atom. The molecule has 2 aromatic rings. The fourth-order valence-corrected chi connectivity index (χ4v) is 4.34. The number of ether oxygens (including phenoxy) is 1. The Morgan fingerprint density at radius 2 is 1.62 bits per heavy atom. The molecule has 0 radical (unpaired) electrons. The molecule has 7 nitrogen and oxygen atoms in total. The standard InChI is InChI=1S/C27H34N2O5/c1-3-19(14-15-25(30)28-16-8-9-18(2)26(31)32)29-27(33)34-17-24-22-12-6-4-10-20(22)21-11-5-7-13-23(21)24/h4-7,10-13,18-19,24H,3,8-9,14-17H2,1-2H3,(H,28,30)(H,29,33)(H,31,32). The molecule has 0 heterocycles. The van der Waals surface area contributed by atoms with Gasteiger partial charge in [0, 0.05) is 24.9 Å². The molecule has 2 unspecified atom stereocenters. The van der Waals surface area contributed by atoms with Crippen molar-refractivity contribution in [3.63, 3.8) is 0 Å². The number of alkyl carbamates (subject to hydrolysis) is 1. The lowest BCUT2D eigenvalue weighted by molar-refractivity contribution is -0.141. The van der Waals surface area contributed by atoms with E-state index in [0.29, 0.717) is 32.2 Å². The van der Waals surface area contributed by atoms with Crippen molar-refractivity contribution >= 4 is 18.0 Å². The van der Waals surface area contributed by atoms with Crippen molar-refractivity contribution in [2.24, 2.45) is 5.92 Å². The van der Waals surface area contributed by atoms with E-state index < -0.39 is 18.0 Å². The minimum absolute atomic E-state index is 0.00727. The molecule has 2 aromatic carbocycles. The lowest BCUT2D eigenvalue weighted by Crippen LogP contribution is -2.36. The van der Waals surface area contributed by atoms with Crippen LogP contribution < -0.4 is 10.6 Å². The molecular formula is C27H34N2O5. The predicted molar refractivity (Wildman–Crippen MR) is 131 cm³/mol. The molecule has 0 fully saturated rings. The fraction of sp³-hybridized carbons (Fsp3) is 0.444. The van der Waals surface area contributed by atoms with Gasteiger partial charge in [0.1, 0.15) is 6.61 Å². The van der Waals surface area contributed by atoms with Crippen LogP contribution >= 0.6 is 0 Å². The normalized spacial score (nSPS) is 13.9. The molecule has 7 heteroatoms. The van der Waals surface area contributed by atoms with E-state index >= 15 is 0 Å². The van der Waals surface area contributed by atoms with Crippen LogP contribution in [-0.4, -0.2) is 42.3 Å². The first kappa shape index (κ1) is 25.3. The maximum Gasteiger partial charge on any atom is 0.407 e. The Morgan fingerprint density at radius 3 is 2.21 bits per heavy atom.